The SMILES string of the molecule is COc1ccccc1-c1nnc(-c2ccccc2Sc2ccc([N+](=O)[O-])cc2)o1. The van der Waals surface area contributed by atoms with Crippen molar-refractivity contribution in [2.75, 3.05) is 7.11 Å². The van der Waals surface area contributed by atoms with E-state index in [1.807, 2.05) is 48.5 Å². The monoisotopic (exact) mass is 405 g/mol. The van der Waals surface area contributed by atoms with Crippen LogP contribution in [0.15, 0.2) is 87.0 Å². The summed E-state index contributed by atoms with van der Waals surface area (Å²) in [5.41, 5.74) is 1.56. The molecule has 0 N–H and O–H groups in total. The average molecular weight is 405 g/mol. The van der Waals surface area contributed by atoms with Gasteiger partial charge in [0, 0.05) is 21.9 Å². The third kappa shape index (κ3) is 3.97. The highest BCUT2D eigenvalue weighted by atomic mass is 32.2. The van der Waals surface area contributed by atoms with E-state index in [1.165, 1.54) is 23.9 Å². The Balaban J connectivity index is 1.65. The normalized spacial score (nSPS) is 10.7. The third-order valence-corrected chi connectivity index (χ3v) is 5.24. The summed E-state index contributed by atoms with van der Waals surface area (Å²) < 4.78 is 11.3. The first kappa shape index (κ1) is 18.7. The maximum absolute atomic E-state index is 10.8. The summed E-state index contributed by atoms with van der Waals surface area (Å²) >= 11 is 1.47. The Hall–Kier alpha value is -3.65. The Morgan fingerprint density at radius 3 is 2.21 bits per heavy atom. The van der Waals surface area contributed by atoms with E-state index in [1.54, 1.807) is 19.2 Å². The molecular formula is C21H15N3O4S. The van der Waals surface area contributed by atoms with Crippen LogP contribution < -0.4 is 4.74 Å². The van der Waals surface area contributed by atoms with Gasteiger partial charge in [-0.15, -0.1) is 10.2 Å². The van der Waals surface area contributed by atoms with Crippen molar-refractivity contribution in [3.63, 3.8) is 0 Å². The Morgan fingerprint density at radius 1 is 0.897 bits per heavy atom. The number of hydrogen-bond acceptors (Lipinski definition) is 7. The highest BCUT2D eigenvalue weighted by Crippen LogP contribution is 2.37. The van der Waals surface area contributed by atoms with Crippen LogP contribution in [0.2, 0.25) is 0 Å². The molecule has 29 heavy (non-hydrogen) atoms. The van der Waals surface area contributed by atoms with Gasteiger partial charge in [-0.1, -0.05) is 36.0 Å². The number of non-ortho nitro benzene ring substituents is 1. The maximum atomic E-state index is 10.8. The summed E-state index contributed by atoms with van der Waals surface area (Å²) in [5.74, 6) is 1.40. The predicted octanol–water partition coefficient (Wildman–Crippen LogP) is 5.47. The average Bonchev–Trinajstić information content (AvgIpc) is 3.24. The number of ether oxygens (including phenoxy) is 1. The molecule has 0 saturated carbocycles. The van der Waals surface area contributed by atoms with E-state index in [4.69, 9.17) is 9.15 Å². The number of nitrogens with zero attached hydrogens (tertiary/aromatic N) is 3. The summed E-state index contributed by atoms with van der Waals surface area (Å²) in [6, 6.07) is 21.5. The second kappa shape index (κ2) is 8.15. The van der Waals surface area contributed by atoms with Crippen LogP contribution >= 0.6 is 11.8 Å². The minimum Gasteiger partial charge on any atom is -0.496 e. The molecule has 144 valence electrons. The quantitative estimate of drug-likeness (QED) is 0.310. The molecule has 0 amide bonds. The molecule has 1 aromatic heterocycles. The molecule has 0 aliphatic heterocycles. The number of para-hydroxylation sites is 1. The summed E-state index contributed by atoms with van der Waals surface area (Å²) in [5, 5.41) is 19.2. The predicted molar refractivity (Wildman–Crippen MR) is 109 cm³/mol. The number of nitro groups is 1. The second-order valence-corrected chi connectivity index (χ2v) is 7.08. The fourth-order valence-electron chi connectivity index (χ4n) is 2.76. The lowest BCUT2D eigenvalue weighted by atomic mass is 10.2. The molecule has 0 bridgehead atoms. The van der Waals surface area contributed by atoms with Gasteiger partial charge in [-0.05, 0) is 36.4 Å². The first-order valence-electron chi connectivity index (χ1n) is 8.64. The molecule has 7 nitrogen and oxygen atoms in total. The number of benzene rings is 3. The van der Waals surface area contributed by atoms with Crippen molar-refractivity contribution in [2.45, 2.75) is 9.79 Å². The number of hydrogen-bond donors (Lipinski definition) is 0. The topological polar surface area (TPSA) is 91.3 Å². The van der Waals surface area contributed by atoms with E-state index < -0.39 is 4.92 Å². The standard InChI is InChI=1S/C21H15N3O4S/c1-27-18-8-4-2-6-16(18)20-22-23-21(28-20)17-7-3-5-9-19(17)29-15-12-10-14(11-13-15)24(25)26/h2-13H,1H3. The highest BCUT2D eigenvalue weighted by molar-refractivity contribution is 7.99. The van der Waals surface area contributed by atoms with Crippen LogP contribution in [-0.2, 0) is 0 Å². The van der Waals surface area contributed by atoms with Crippen LogP contribution in [0.1, 0.15) is 0 Å². The number of rotatable bonds is 6. The summed E-state index contributed by atoms with van der Waals surface area (Å²) in [4.78, 5) is 12.2. The van der Waals surface area contributed by atoms with Gasteiger partial charge in [-0.25, -0.2) is 0 Å². The van der Waals surface area contributed by atoms with E-state index in [-0.39, 0.29) is 5.69 Å². The van der Waals surface area contributed by atoms with Gasteiger partial charge in [0.2, 0.25) is 5.89 Å². The van der Waals surface area contributed by atoms with Crippen LogP contribution in [0.3, 0.4) is 0 Å². The van der Waals surface area contributed by atoms with E-state index >= 15 is 0 Å². The molecule has 0 saturated heterocycles. The fraction of sp³-hybridized carbons (Fsp3) is 0.0476. The maximum Gasteiger partial charge on any atom is 0.269 e. The molecule has 8 heteroatoms. The van der Waals surface area contributed by atoms with Gasteiger partial charge >= 0.3 is 0 Å². The van der Waals surface area contributed by atoms with E-state index in [0.29, 0.717) is 23.1 Å². The second-order valence-electron chi connectivity index (χ2n) is 5.96. The van der Waals surface area contributed by atoms with Crippen LogP contribution in [-0.4, -0.2) is 22.2 Å². The van der Waals surface area contributed by atoms with E-state index in [0.717, 1.165) is 15.4 Å². The number of methoxy groups -OCH3 is 1. The molecule has 0 radical (unpaired) electrons. The molecule has 4 aromatic rings. The van der Waals surface area contributed by atoms with Crippen molar-refractivity contribution in [1.29, 1.82) is 0 Å². The molecule has 0 aliphatic carbocycles. The summed E-state index contributed by atoms with van der Waals surface area (Å²) in [6.45, 7) is 0. The molecule has 1 heterocycles. The van der Waals surface area contributed by atoms with Crippen LogP contribution in [0.25, 0.3) is 22.9 Å². The Kier molecular flexibility index (Phi) is 5.26. The van der Waals surface area contributed by atoms with Gasteiger partial charge in [-0.2, -0.15) is 0 Å². The van der Waals surface area contributed by atoms with Gasteiger partial charge < -0.3 is 9.15 Å². The minimum atomic E-state index is -0.416. The van der Waals surface area contributed by atoms with Crippen LogP contribution in [0.4, 0.5) is 5.69 Å². The molecule has 0 spiro atoms. The van der Waals surface area contributed by atoms with Crippen molar-refractivity contribution < 1.29 is 14.1 Å². The largest absolute Gasteiger partial charge is 0.496 e. The Bertz CT molecular complexity index is 1160. The molecule has 0 aliphatic rings. The van der Waals surface area contributed by atoms with Gasteiger partial charge in [0.05, 0.1) is 23.2 Å². The third-order valence-electron chi connectivity index (χ3n) is 4.16. The minimum absolute atomic E-state index is 0.0565. The molecule has 3 aromatic carbocycles. The van der Waals surface area contributed by atoms with Crippen molar-refractivity contribution in [1.82, 2.24) is 10.2 Å². The Labute approximate surface area is 170 Å². The molecule has 0 unspecified atom stereocenters. The van der Waals surface area contributed by atoms with Crippen molar-refractivity contribution in [3.8, 4) is 28.7 Å². The summed E-state index contributed by atoms with van der Waals surface area (Å²) in [6.07, 6.45) is 0. The number of nitro benzene ring substituents is 1. The van der Waals surface area contributed by atoms with Gasteiger partial charge in [0.15, 0.2) is 0 Å². The molecule has 0 atom stereocenters. The number of aromatic nitrogens is 2. The van der Waals surface area contributed by atoms with Crippen molar-refractivity contribution in [3.05, 3.63) is 82.9 Å². The van der Waals surface area contributed by atoms with Gasteiger partial charge in [0.25, 0.3) is 11.6 Å². The summed E-state index contributed by atoms with van der Waals surface area (Å²) in [7, 11) is 1.59. The van der Waals surface area contributed by atoms with Gasteiger partial charge in [-0.3, -0.25) is 10.1 Å². The molecule has 4 rings (SSSR count). The highest BCUT2D eigenvalue weighted by Gasteiger charge is 2.17. The zero-order valence-corrected chi connectivity index (χ0v) is 16.1. The fourth-order valence-corrected chi connectivity index (χ4v) is 3.70. The van der Waals surface area contributed by atoms with Crippen LogP contribution in [0.5, 0.6) is 5.75 Å². The zero-order chi connectivity index (χ0) is 20.2. The lowest BCUT2D eigenvalue weighted by Crippen LogP contribution is -1.87. The Morgan fingerprint density at radius 2 is 1.52 bits per heavy atom. The van der Waals surface area contributed by atoms with E-state index in [9.17, 15) is 10.1 Å². The first-order chi connectivity index (χ1) is 14.2. The van der Waals surface area contributed by atoms with Crippen molar-refractivity contribution in [2.24, 2.45) is 0 Å². The van der Waals surface area contributed by atoms with E-state index in [2.05, 4.69) is 10.2 Å². The zero-order valence-electron chi connectivity index (χ0n) is 15.3. The molecule has 0 fully saturated rings. The van der Waals surface area contributed by atoms with Crippen LogP contribution in [0, 0.1) is 10.1 Å². The van der Waals surface area contributed by atoms with Crippen molar-refractivity contribution >= 4 is 17.4 Å². The van der Waals surface area contributed by atoms with Gasteiger partial charge in [0.1, 0.15) is 5.75 Å². The lowest BCUT2D eigenvalue weighted by Gasteiger charge is -2.06. The first-order valence-corrected chi connectivity index (χ1v) is 9.46. The lowest BCUT2D eigenvalue weighted by molar-refractivity contribution is -0.384. The molecular weight excluding hydrogens is 390 g/mol. The smallest absolute Gasteiger partial charge is 0.269 e.